The summed E-state index contributed by atoms with van der Waals surface area (Å²) in [6.07, 6.45) is 0.611. The molecular formula is C13H18ClN3O2. The van der Waals surface area contributed by atoms with E-state index >= 15 is 0 Å². The van der Waals surface area contributed by atoms with Gasteiger partial charge in [0.15, 0.2) is 0 Å². The van der Waals surface area contributed by atoms with Crippen molar-refractivity contribution >= 4 is 29.9 Å². The zero-order valence-corrected chi connectivity index (χ0v) is 11.5. The molecule has 6 heteroatoms. The quantitative estimate of drug-likeness (QED) is 0.856. The van der Waals surface area contributed by atoms with Crippen molar-refractivity contribution < 1.29 is 9.59 Å². The summed E-state index contributed by atoms with van der Waals surface area (Å²) >= 11 is 0. The maximum absolute atomic E-state index is 12.2. The molecule has 2 rings (SSSR count). The lowest BCUT2D eigenvalue weighted by Crippen LogP contribution is -2.44. The van der Waals surface area contributed by atoms with E-state index in [4.69, 9.17) is 5.73 Å². The van der Waals surface area contributed by atoms with Gasteiger partial charge in [-0.25, -0.2) is 0 Å². The van der Waals surface area contributed by atoms with E-state index in [-0.39, 0.29) is 36.8 Å². The molecule has 5 nitrogen and oxygen atoms in total. The molecule has 0 aromatic heterocycles. The van der Waals surface area contributed by atoms with Crippen LogP contribution < -0.4 is 16.0 Å². The van der Waals surface area contributed by atoms with Gasteiger partial charge in [-0.05, 0) is 25.5 Å². The molecule has 1 aliphatic rings. The largest absolute Gasteiger partial charge is 0.343 e. The van der Waals surface area contributed by atoms with E-state index in [0.29, 0.717) is 6.42 Å². The van der Waals surface area contributed by atoms with Crippen LogP contribution in [0.15, 0.2) is 30.3 Å². The van der Waals surface area contributed by atoms with Gasteiger partial charge in [-0.1, -0.05) is 18.2 Å². The lowest BCUT2D eigenvalue weighted by atomic mass is 10.2. The van der Waals surface area contributed by atoms with Gasteiger partial charge in [0.25, 0.3) is 0 Å². The Morgan fingerprint density at radius 2 is 2.05 bits per heavy atom. The van der Waals surface area contributed by atoms with Crippen molar-refractivity contribution in [3.63, 3.8) is 0 Å². The number of hydrogen-bond donors (Lipinski definition) is 2. The van der Waals surface area contributed by atoms with Crippen LogP contribution in [-0.2, 0) is 9.59 Å². The molecule has 1 aliphatic heterocycles. The van der Waals surface area contributed by atoms with Crippen molar-refractivity contribution in [1.82, 2.24) is 5.32 Å². The Labute approximate surface area is 118 Å². The Bertz CT molecular complexity index is 452. The van der Waals surface area contributed by atoms with E-state index in [2.05, 4.69) is 5.32 Å². The minimum absolute atomic E-state index is 0. The number of carbonyl (C=O) groups is 2. The van der Waals surface area contributed by atoms with E-state index in [9.17, 15) is 9.59 Å². The number of nitrogens with two attached hydrogens (primary N) is 1. The number of hydrogen-bond acceptors (Lipinski definition) is 3. The number of nitrogens with zero attached hydrogens (tertiary/aromatic N) is 1. The molecule has 104 valence electrons. The van der Waals surface area contributed by atoms with Crippen LogP contribution in [0.3, 0.4) is 0 Å². The highest BCUT2D eigenvalue weighted by Gasteiger charge is 2.38. The predicted octanol–water partition coefficient (Wildman–Crippen LogP) is 0.677. The number of anilines is 1. The lowest BCUT2D eigenvalue weighted by molar-refractivity contribution is -0.125. The molecule has 1 aromatic carbocycles. The lowest BCUT2D eigenvalue weighted by Gasteiger charge is -2.21. The van der Waals surface area contributed by atoms with Gasteiger partial charge in [0.2, 0.25) is 11.8 Å². The molecule has 3 N–H and O–H groups in total. The number of rotatable bonds is 3. The van der Waals surface area contributed by atoms with E-state index in [1.807, 2.05) is 37.3 Å². The molecule has 0 saturated carbocycles. The second kappa shape index (κ2) is 6.54. The summed E-state index contributed by atoms with van der Waals surface area (Å²) in [7, 11) is 0. The van der Waals surface area contributed by atoms with Crippen LogP contribution in [0.4, 0.5) is 5.69 Å². The molecule has 1 saturated heterocycles. The Morgan fingerprint density at radius 3 is 2.63 bits per heavy atom. The molecule has 19 heavy (non-hydrogen) atoms. The predicted molar refractivity (Wildman–Crippen MR) is 76.2 cm³/mol. The smallest absolute Gasteiger partial charge is 0.249 e. The third kappa shape index (κ3) is 3.24. The third-order valence-electron chi connectivity index (χ3n) is 3.11. The van der Waals surface area contributed by atoms with Gasteiger partial charge in [-0.15, -0.1) is 12.4 Å². The van der Waals surface area contributed by atoms with Crippen molar-refractivity contribution in [3.8, 4) is 0 Å². The summed E-state index contributed by atoms with van der Waals surface area (Å²) in [6.45, 7) is 1.88. The van der Waals surface area contributed by atoms with Crippen molar-refractivity contribution in [1.29, 1.82) is 0 Å². The zero-order chi connectivity index (χ0) is 13.1. The summed E-state index contributed by atoms with van der Waals surface area (Å²) < 4.78 is 0. The third-order valence-corrected chi connectivity index (χ3v) is 3.11. The molecule has 0 spiro atoms. The van der Waals surface area contributed by atoms with Gasteiger partial charge in [0.05, 0.1) is 6.54 Å². The molecule has 0 bridgehead atoms. The van der Waals surface area contributed by atoms with Crippen LogP contribution in [-0.4, -0.2) is 30.4 Å². The van der Waals surface area contributed by atoms with Crippen molar-refractivity contribution in [2.24, 2.45) is 5.73 Å². The number of benzene rings is 1. The minimum Gasteiger partial charge on any atom is -0.343 e. The first-order chi connectivity index (χ1) is 8.63. The van der Waals surface area contributed by atoms with Crippen molar-refractivity contribution in [2.75, 3.05) is 11.4 Å². The van der Waals surface area contributed by atoms with E-state index in [1.54, 1.807) is 4.90 Å². The maximum Gasteiger partial charge on any atom is 0.249 e. The van der Waals surface area contributed by atoms with E-state index < -0.39 is 6.04 Å². The molecule has 2 unspecified atom stereocenters. The first kappa shape index (κ1) is 15.5. The fourth-order valence-corrected chi connectivity index (χ4v) is 2.28. The molecule has 1 heterocycles. The molecule has 2 amide bonds. The number of amides is 2. The highest BCUT2D eigenvalue weighted by molar-refractivity contribution is 6.02. The molecular weight excluding hydrogens is 266 g/mol. The molecule has 1 fully saturated rings. The molecule has 0 radical (unpaired) electrons. The Hall–Kier alpha value is -1.59. The van der Waals surface area contributed by atoms with Gasteiger partial charge < -0.3 is 16.0 Å². The van der Waals surface area contributed by atoms with Gasteiger partial charge in [0.1, 0.15) is 6.04 Å². The Kier molecular flexibility index (Phi) is 5.32. The van der Waals surface area contributed by atoms with E-state index in [0.717, 1.165) is 5.69 Å². The topological polar surface area (TPSA) is 75.4 Å². The number of nitrogens with one attached hydrogen (secondary N) is 1. The number of para-hydroxylation sites is 1. The summed E-state index contributed by atoms with van der Waals surface area (Å²) in [4.78, 5) is 25.2. The summed E-state index contributed by atoms with van der Waals surface area (Å²) in [6, 6.07) is 9.08. The monoisotopic (exact) mass is 283 g/mol. The summed E-state index contributed by atoms with van der Waals surface area (Å²) in [5, 5.41) is 2.65. The second-order valence-electron chi connectivity index (χ2n) is 4.45. The number of halogens is 1. The van der Waals surface area contributed by atoms with Crippen LogP contribution in [0, 0.1) is 0 Å². The van der Waals surface area contributed by atoms with Crippen LogP contribution >= 0.6 is 12.4 Å². The molecule has 0 aliphatic carbocycles. The molecule has 2 atom stereocenters. The average Bonchev–Trinajstić information content (AvgIpc) is 2.65. The first-order valence-corrected chi connectivity index (χ1v) is 6.01. The highest BCUT2D eigenvalue weighted by atomic mass is 35.5. The van der Waals surface area contributed by atoms with Crippen LogP contribution in [0.25, 0.3) is 0 Å². The zero-order valence-electron chi connectivity index (χ0n) is 10.7. The standard InChI is InChI=1S/C13H17N3O2.ClH/c1-9-7-11(15-12(17)8-14)13(18)16(9)10-5-3-2-4-6-10;/h2-6,9,11H,7-8,14H2,1H3,(H,15,17);1H. The van der Waals surface area contributed by atoms with Gasteiger partial charge in [-0.3, -0.25) is 9.59 Å². The van der Waals surface area contributed by atoms with E-state index in [1.165, 1.54) is 0 Å². The minimum atomic E-state index is -0.462. The van der Waals surface area contributed by atoms with Gasteiger partial charge >= 0.3 is 0 Å². The second-order valence-corrected chi connectivity index (χ2v) is 4.45. The first-order valence-electron chi connectivity index (χ1n) is 6.01. The van der Waals surface area contributed by atoms with Gasteiger partial charge in [0, 0.05) is 11.7 Å². The van der Waals surface area contributed by atoms with Crippen LogP contribution in [0.2, 0.25) is 0 Å². The maximum atomic E-state index is 12.2. The number of carbonyl (C=O) groups excluding carboxylic acids is 2. The summed E-state index contributed by atoms with van der Waals surface area (Å²) in [5.41, 5.74) is 6.10. The van der Waals surface area contributed by atoms with Gasteiger partial charge in [-0.2, -0.15) is 0 Å². The SMILES string of the molecule is CC1CC(NC(=O)CN)C(=O)N1c1ccccc1.Cl. The van der Waals surface area contributed by atoms with Crippen LogP contribution in [0.5, 0.6) is 0 Å². The van der Waals surface area contributed by atoms with Crippen molar-refractivity contribution in [3.05, 3.63) is 30.3 Å². The summed E-state index contributed by atoms with van der Waals surface area (Å²) in [5.74, 6) is -0.369. The van der Waals surface area contributed by atoms with Crippen molar-refractivity contribution in [2.45, 2.75) is 25.4 Å². The normalized spacial score (nSPS) is 22.0. The Morgan fingerprint density at radius 1 is 1.42 bits per heavy atom. The highest BCUT2D eigenvalue weighted by Crippen LogP contribution is 2.26. The fourth-order valence-electron chi connectivity index (χ4n) is 2.28. The van der Waals surface area contributed by atoms with Crippen LogP contribution in [0.1, 0.15) is 13.3 Å². The fraction of sp³-hybridized carbons (Fsp3) is 0.385. The Balaban J connectivity index is 0.00000180. The molecule has 1 aromatic rings. The average molecular weight is 284 g/mol.